The van der Waals surface area contributed by atoms with Crippen molar-refractivity contribution >= 4 is 17.3 Å². The molecule has 6 atom stereocenters. The summed E-state index contributed by atoms with van der Waals surface area (Å²) in [4.78, 5) is 28.2. The molecule has 0 radical (unpaired) electrons. The second-order valence-electron chi connectivity index (χ2n) is 13.1. The van der Waals surface area contributed by atoms with E-state index in [1.807, 2.05) is 13.0 Å². The van der Waals surface area contributed by atoms with Crippen LogP contribution in [-0.4, -0.2) is 30.8 Å². The van der Waals surface area contributed by atoms with Crippen molar-refractivity contribution in [2.24, 2.45) is 28.6 Å². The summed E-state index contributed by atoms with van der Waals surface area (Å²) < 4.78 is 40.2. The minimum Gasteiger partial charge on any atom is -0.372 e. The number of hydrogen-bond donors (Lipinski definition) is 0. The third-order valence-corrected chi connectivity index (χ3v) is 11.1. The van der Waals surface area contributed by atoms with Crippen molar-refractivity contribution in [1.29, 1.82) is 0 Å². The Balaban J connectivity index is 1.51. The van der Waals surface area contributed by atoms with E-state index < -0.39 is 17.0 Å². The molecule has 212 valence electrons. The van der Waals surface area contributed by atoms with E-state index in [0.29, 0.717) is 25.7 Å². The van der Waals surface area contributed by atoms with E-state index in [0.717, 1.165) is 37.1 Å². The Morgan fingerprint density at radius 1 is 1.10 bits per heavy atom. The molecule has 2 unspecified atom stereocenters. The van der Waals surface area contributed by atoms with Crippen LogP contribution in [0.4, 0.5) is 18.9 Å². The van der Waals surface area contributed by atoms with Gasteiger partial charge >= 0.3 is 6.18 Å². The van der Waals surface area contributed by atoms with Crippen LogP contribution in [0.2, 0.25) is 0 Å². The van der Waals surface area contributed by atoms with Gasteiger partial charge in [0.05, 0.1) is 5.41 Å². The Morgan fingerprint density at radius 2 is 1.80 bits per heavy atom. The molecule has 3 fully saturated rings. The highest BCUT2D eigenvalue weighted by molar-refractivity contribution is 5.93. The molecule has 6 rings (SSSR count). The molecule has 2 saturated carbocycles. The third kappa shape index (κ3) is 4.27. The first-order valence-electron chi connectivity index (χ1n) is 14.9. The molecule has 1 aromatic carbocycles. The highest BCUT2D eigenvalue weighted by Crippen LogP contribution is 2.70. The van der Waals surface area contributed by atoms with Crippen molar-refractivity contribution in [3.63, 3.8) is 0 Å². The molecular formula is C34H38F3NO2. The van der Waals surface area contributed by atoms with Gasteiger partial charge in [0.25, 0.3) is 0 Å². The topological polar surface area (TPSA) is 37.4 Å². The van der Waals surface area contributed by atoms with Crippen molar-refractivity contribution in [1.82, 2.24) is 0 Å². The maximum absolute atomic E-state index is 13.4. The lowest BCUT2D eigenvalue weighted by Gasteiger charge is -2.55. The lowest BCUT2D eigenvalue weighted by Crippen LogP contribution is -2.50. The van der Waals surface area contributed by atoms with Crippen LogP contribution in [0.1, 0.15) is 83.6 Å². The molecule has 0 spiro atoms. The van der Waals surface area contributed by atoms with Gasteiger partial charge in [0.15, 0.2) is 5.78 Å². The predicted octanol–water partition coefficient (Wildman–Crippen LogP) is 7.57. The predicted molar refractivity (Wildman–Crippen MR) is 150 cm³/mol. The highest BCUT2D eigenvalue weighted by Gasteiger charge is 2.65. The second kappa shape index (κ2) is 9.64. The summed E-state index contributed by atoms with van der Waals surface area (Å²) in [6, 6.07) is 8.73. The molecule has 3 nitrogen and oxygen atoms in total. The van der Waals surface area contributed by atoms with E-state index in [9.17, 15) is 22.8 Å². The van der Waals surface area contributed by atoms with Crippen molar-refractivity contribution in [3.8, 4) is 11.8 Å². The van der Waals surface area contributed by atoms with Crippen LogP contribution in [0.25, 0.3) is 0 Å². The number of carbonyl (C=O) groups is 2. The van der Waals surface area contributed by atoms with Crippen molar-refractivity contribution in [2.45, 2.75) is 84.2 Å². The number of benzene rings is 1. The van der Waals surface area contributed by atoms with E-state index >= 15 is 0 Å². The fourth-order valence-corrected chi connectivity index (χ4v) is 9.22. The summed E-state index contributed by atoms with van der Waals surface area (Å²) in [6.07, 6.45) is 3.29. The number of Topliss-reactive ketones (excluding diaryl/α,β-unsaturated/α-hetero) is 1. The molecule has 5 aliphatic rings. The van der Waals surface area contributed by atoms with E-state index in [1.54, 1.807) is 0 Å². The van der Waals surface area contributed by atoms with E-state index in [4.69, 9.17) is 0 Å². The number of ketones is 2. The normalized spacial score (nSPS) is 35.4. The smallest absolute Gasteiger partial charge is 0.372 e. The number of nitrogens with zero attached hydrogens (tertiary/aromatic N) is 1. The van der Waals surface area contributed by atoms with E-state index in [2.05, 4.69) is 42.0 Å². The number of anilines is 1. The fraction of sp³-hybridized carbons (Fsp3) is 0.588. The van der Waals surface area contributed by atoms with Gasteiger partial charge in [0, 0.05) is 37.0 Å². The van der Waals surface area contributed by atoms with Crippen LogP contribution in [0.15, 0.2) is 47.1 Å². The van der Waals surface area contributed by atoms with Crippen molar-refractivity contribution < 1.29 is 22.8 Å². The number of alkyl halides is 3. The number of carbonyl (C=O) groups excluding carboxylic acids is 2. The van der Waals surface area contributed by atoms with Crippen molar-refractivity contribution in [2.75, 3.05) is 18.0 Å². The summed E-state index contributed by atoms with van der Waals surface area (Å²) in [6.45, 7) is 7.76. The van der Waals surface area contributed by atoms with Gasteiger partial charge in [0.2, 0.25) is 0 Å². The molecule has 1 saturated heterocycles. The van der Waals surface area contributed by atoms with Crippen LogP contribution < -0.4 is 4.90 Å². The quantitative estimate of drug-likeness (QED) is 0.365. The van der Waals surface area contributed by atoms with Crippen LogP contribution in [0.3, 0.4) is 0 Å². The van der Waals surface area contributed by atoms with Gasteiger partial charge in [-0.15, -0.1) is 0 Å². The zero-order valence-electron chi connectivity index (χ0n) is 23.7. The molecule has 0 N–H and O–H groups in total. The lowest BCUT2D eigenvalue weighted by molar-refractivity contribution is -0.130. The molecule has 0 amide bonds. The summed E-state index contributed by atoms with van der Waals surface area (Å²) in [7, 11) is 0. The van der Waals surface area contributed by atoms with Crippen LogP contribution >= 0.6 is 0 Å². The average molecular weight is 550 g/mol. The first-order chi connectivity index (χ1) is 18.9. The Bertz CT molecular complexity index is 1350. The lowest BCUT2D eigenvalue weighted by atomic mass is 9.47. The first kappa shape index (κ1) is 27.4. The fourth-order valence-electron chi connectivity index (χ4n) is 9.22. The van der Waals surface area contributed by atoms with E-state index in [1.165, 1.54) is 42.5 Å². The van der Waals surface area contributed by atoms with Gasteiger partial charge < -0.3 is 4.90 Å². The number of fused-ring (bicyclic) bond motifs is 4. The SMILES string of the molecule is CC(=O)[C@@]1(C#CC(F)(F)F)CC[C@H]2[C@@H]3CC(C)C4=CC(=O)CCC4=C3C(c3ccc(N4CCCC4)cc3)C[C@@]21C. The van der Waals surface area contributed by atoms with Gasteiger partial charge in [-0.05, 0) is 110 Å². The minimum absolute atomic E-state index is 0.0255. The largest absolute Gasteiger partial charge is 0.457 e. The standard InChI is InChI=1S/C34H38F3NO2/c1-21-18-28-30-12-13-33(22(2)39,14-15-34(35,36)37)32(30,3)20-29(31(28)26-11-10-25(40)19-27(21)26)23-6-8-24(9-7-23)38-16-4-5-17-38/h6-9,19,21,28-30H,4-5,10-13,16-18,20H2,1-3H3/t21?,28-,29?,30-,32-,33-/m0/s1. The molecule has 6 heteroatoms. The Kier molecular flexibility index (Phi) is 6.59. The number of halogens is 3. The summed E-state index contributed by atoms with van der Waals surface area (Å²) in [5, 5.41) is 0. The first-order valence-corrected chi connectivity index (χ1v) is 14.9. The minimum atomic E-state index is -4.64. The third-order valence-electron chi connectivity index (χ3n) is 11.1. The Morgan fingerprint density at radius 3 is 2.45 bits per heavy atom. The molecule has 0 bridgehead atoms. The summed E-state index contributed by atoms with van der Waals surface area (Å²) in [5.41, 5.74) is 4.16. The van der Waals surface area contributed by atoms with Gasteiger partial charge in [-0.1, -0.05) is 37.5 Å². The highest BCUT2D eigenvalue weighted by atomic mass is 19.4. The van der Waals surface area contributed by atoms with Gasteiger partial charge in [-0.3, -0.25) is 9.59 Å². The zero-order chi connectivity index (χ0) is 28.4. The van der Waals surface area contributed by atoms with Gasteiger partial charge in [0.1, 0.15) is 5.78 Å². The van der Waals surface area contributed by atoms with Crippen LogP contribution in [0, 0.1) is 40.4 Å². The van der Waals surface area contributed by atoms with Crippen LogP contribution in [-0.2, 0) is 9.59 Å². The zero-order valence-corrected chi connectivity index (χ0v) is 23.7. The molecular weight excluding hydrogens is 511 g/mol. The summed E-state index contributed by atoms with van der Waals surface area (Å²) >= 11 is 0. The Labute approximate surface area is 235 Å². The second-order valence-corrected chi connectivity index (χ2v) is 13.1. The number of allylic oxidation sites excluding steroid dienone is 4. The maximum atomic E-state index is 13.4. The maximum Gasteiger partial charge on any atom is 0.457 e. The molecule has 4 aliphatic carbocycles. The monoisotopic (exact) mass is 549 g/mol. The van der Waals surface area contributed by atoms with Crippen LogP contribution in [0.5, 0.6) is 0 Å². The Hall–Kier alpha value is -2.81. The van der Waals surface area contributed by atoms with E-state index in [-0.39, 0.29) is 35.2 Å². The van der Waals surface area contributed by atoms with Crippen molar-refractivity contribution in [3.05, 3.63) is 52.6 Å². The number of hydrogen-bond acceptors (Lipinski definition) is 3. The summed E-state index contributed by atoms with van der Waals surface area (Å²) in [5.74, 6) is 4.42. The number of rotatable bonds is 3. The molecule has 1 aliphatic heterocycles. The van der Waals surface area contributed by atoms with Gasteiger partial charge in [-0.25, -0.2) is 0 Å². The molecule has 1 heterocycles. The van der Waals surface area contributed by atoms with Gasteiger partial charge in [-0.2, -0.15) is 13.2 Å². The molecule has 1 aromatic rings. The average Bonchev–Trinajstić information content (AvgIpc) is 3.54. The molecule has 40 heavy (non-hydrogen) atoms. The molecule has 0 aromatic heterocycles.